The Morgan fingerprint density at radius 3 is 2.68 bits per heavy atom. The van der Waals surface area contributed by atoms with E-state index in [0.717, 1.165) is 38.1 Å². The van der Waals surface area contributed by atoms with Crippen LogP contribution in [0.4, 0.5) is 0 Å². The molecule has 0 radical (unpaired) electrons. The van der Waals surface area contributed by atoms with E-state index in [9.17, 15) is 0 Å². The van der Waals surface area contributed by atoms with Crippen LogP contribution in [0.5, 0.6) is 0 Å². The number of morpholine rings is 1. The van der Waals surface area contributed by atoms with Crippen molar-refractivity contribution in [3.05, 3.63) is 0 Å². The quantitative estimate of drug-likeness (QED) is 0.854. The Kier molecular flexibility index (Phi) is 4.91. The summed E-state index contributed by atoms with van der Waals surface area (Å²) in [6.45, 7) is 13.2. The van der Waals surface area contributed by atoms with Gasteiger partial charge in [0.1, 0.15) is 0 Å². The molecule has 19 heavy (non-hydrogen) atoms. The lowest BCUT2D eigenvalue weighted by Crippen LogP contribution is -2.56. The van der Waals surface area contributed by atoms with Gasteiger partial charge < -0.3 is 10.5 Å². The second-order valence-electron chi connectivity index (χ2n) is 7.55. The van der Waals surface area contributed by atoms with Crippen LogP contribution in [0.1, 0.15) is 47.0 Å². The number of hydrogen-bond donors (Lipinski definition) is 1. The average molecular weight is 268 g/mol. The van der Waals surface area contributed by atoms with Crippen molar-refractivity contribution in [1.29, 1.82) is 0 Å². The Morgan fingerprint density at radius 2 is 2.05 bits per heavy atom. The highest BCUT2D eigenvalue weighted by Crippen LogP contribution is 2.34. The highest BCUT2D eigenvalue weighted by Gasteiger charge is 2.36. The number of nitrogens with zero attached hydrogens (tertiary/aromatic N) is 1. The van der Waals surface area contributed by atoms with E-state index >= 15 is 0 Å². The fourth-order valence-corrected chi connectivity index (χ4v) is 3.65. The second-order valence-corrected chi connectivity index (χ2v) is 7.55. The monoisotopic (exact) mass is 268 g/mol. The van der Waals surface area contributed by atoms with Crippen LogP contribution in [0, 0.1) is 17.8 Å². The highest BCUT2D eigenvalue weighted by molar-refractivity contribution is 4.90. The van der Waals surface area contributed by atoms with Crippen LogP contribution in [0.2, 0.25) is 0 Å². The Labute approximate surface area is 118 Å². The van der Waals surface area contributed by atoms with Crippen LogP contribution < -0.4 is 5.73 Å². The fourth-order valence-electron chi connectivity index (χ4n) is 3.65. The molecule has 0 aromatic carbocycles. The van der Waals surface area contributed by atoms with Gasteiger partial charge in [-0.25, -0.2) is 0 Å². The van der Waals surface area contributed by atoms with Gasteiger partial charge in [0, 0.05) is 24.7 Å². The van der Waals surface area contributed by atoms with Crippen LogP contribution in [0.15, 0.2) is 0 Å². The van der Waals surface area contributed by atoms with Crippen LogP contribution in [0.3, 0.4) is 0 Å². The highest BCUT2D eigenvalue weighted by atomic mass is 16.5. The molecule has 1 aliphatic carbocycles. The summed E-state index contributed by atoms with van der Waals surface area (Å²) in [5.74, 6) is 2.33. The van der Waals surface area contributed by atoms with Gasteiger partial charge in [-0.05, 0) is 50.9 Å². The van der Waals surface area contributed by atoms with Gasteiger partial charge in [-0.1, -0.05) is 13.8 Å². The molecular weight excluding hydrogens is 236 g/mol. The van der Waals surface area contributed by atoms with Gasteiger partial charge in [0.25, 0.3) is 0 Å². The van der Waals surface area contributed by atoms with Crippen LogP contribution in [-0.2, 0) is 4.74 Å². The minimum absolute atomic E-state index is 0.169. The normalized spacial score (nSPS) is 36.6. The van der Waals surface area contributed by atoms with Crippen molar-refractivity contribution >= 4 is 0 Å². The molecule has 0 aromatic rings. The second kappa shape index (κ2) is 6.11. The van der Waals surface area contributed by atoms with Gasteiger partial charge in [-0.3, -0.25) is 4.90 Å². The molecule has 2 aliphatic rings. The first-order chi connectivity index (χ1) is 8.90. The molecule has 3 unspecified atom stereocenters. The summed E-state index contributed by atoms with van der Waals surface area (Å²) in [4.78, 5) is 2.60. The van der Waals surface area contributed by atoms with Crippen molar-refractivity contribution < 1.29 is 4.74 Å². The molecule has 0 aromatic heterocycles. The summed E-state index contributed by atoms with van der Waals surface area (Å²) < 4.78 is 5.62. The summed E-state index contributed by atoms with van der Waals surface area (Å²) >= 11 is 0. The third-order valence-electron chi connectivity index (χ3n) is 5.30. The molecule has 0 bridgehead atoms. The summed E-state index contributed by atoms with van der Waals surface area (Å²) in [5.41, 5.74) is 6.56. The Balaban J connectivity index is 1.96. The summed E-state index contributed by atoms with van der Waals surface area (Å²) in [6.07, 6.45) is 3.84. The lowest BCUT2D eigenvalue weighted by Gasteiger charge is -2.46. The minimum Gasteiger partial charge on any atom is -0.378 e. The van der Waals surface area contributed by atoms with E-state index in [1.165, 1.54) is 19.3 Å². The zero-order valence-electron chi connectivity index (χ0n) is 13.2. The van der Waals surface area contributed by atoms with E-state index in [-0.39, 0.29) is 5.54 Å². The predicted octanol–water partition coefficient (Wildman–Crippen LogP) is 2.50. The minimum atomic E-state index is 0.169. The summed E-state index contributed by atoms with van der Waals surface area (Å²) in [5, 5.41) is 0. The molecule has 0 spiro atoms. The third-order valence-corrected chi connectivity index (χ3v) is 5.30. The SMILES string of the molecule is CC(C)C1CCC(N)C(CN2CCOCC2(C)C)C1. The lowest BCUT2D eigenvalue weighted by molar-refractivity contribution is -0.0621. The van der Waals surface area contributed by atoms with Crippen LogP contribution in [0.25, 0.3) is 0 Å². The molecule has 2 N–H and O–H groups in total. The molecule has 3 nitrogen and oxygen atoms in total. The van der Waals surface area contributed by atoms with Crippen molar-refractivity contribution in [3.8, 4) is 0 Å². The molecule has 1 saturated heterocycles. The summed E-state index contributed by atoms with van der Waals surface area (Å²) in [6, 6.07) is 0.397. The molecule has 112 valence electrons. The van der Waals surface area contributed by atoms with Crippen molar-refractivity contribution in [2.24, 2.45) is 23.5 Å². The molecule has 3 atom stereocenters. The topological polar surface area (TPSA) is 38.5 Å². The predicted molar refractivity (Wildman–Crippen MR) is 80.1 cm³/mol. The van der Waals surface area contributed by atoms with E-state index in [1.54, 1.807) is 0 Å². The van der Waals surface area contributed by atoms with Crippen LogP contribution in [-0.4, -0.2) is 42.8 Å². The maximum Gasteiger partial charge on any atom is 0.0645 e. The third kappa shape index (κ3) is 3.71. The van der Waals surface area contributed by atoms with Gasteiger partial charge in [0.2, 0.25) is 0 Å². The van der Waals surface area contributed by atoms with Crippen molar-refractivity contribution in [1.82, 2.24) is 4.90 Å². The van der Waals surface area contributed by atoms with Crippen LogP contribution >= 0.6 is 0 Å². The number of rotatable bonds is 3. The Hall–Kier alpha value is -0.120. The average Bonchev–Trinajstić information content (AvgIpc) is 2.34. The van der Waals surface area contributed by atoms with E-state index in [2.05, 4.69) is 32.6 Å². The van der Waals surface area contributed by atoms with E-state index in [0.29, 0.717) is 12.0 Å². The molecular formula is C16H32N2O. The molecule has 0 amide bonds. The van der Waals surface area contributed by atoms with Gasteiger partial charge in [-0.2, -0.15) is 0 Å². The lowest BCUT2D eigenvalue weighted by atomic mass is 9.73. The molecule has 1 saturated carbocycles. The maximum absolute atomic E-state index is 6.39. The van der Waals surface area contributed by atoms with Gasteiger partial charge in [-0.15, -0.1) is 0 Å². The van der Waals surface area contributed by atoms with Gasteiger partial charge >= 0.3 is 0 Å². The molecule has 1 aliphatic heterocycles. The fraction of sp³-hybridized carbons (Fsp3) is 1.00. The zero-order valence-corrected chi connectivity index (χ0v) is 13.2. The number of ether oxygens (including phenoxy) is 1. The molecule has 1 heterocycles. The van der Waals surface area contributed by atoms with E-state index < -0.39 is 0 Å². The van der Waals surface area contributed by atoms with Crippen molar-refractivity contribution in [2.75, 3.05) is 26.3 Å². The molecule has 3 heteroatoms. The number of nitrogens with two attached hydrogens (primary N) is 1. The Bertz CT molecular complexity index is 290. The van der Waals surface area contributed by atoms with Gasteiger partial charge in [0.15, 0.2) is 0 Å². The van der Waals surface area contributed by atoms with Gasteiger partial charge in [0.05, 0.1) is 13.2 Å². The van der Waals surface area contributed by atoms with Crippen molar-refractivity contribution in [2.45, 2.75) is 58.5 Å². The van der Waals surface area contributed by atoms with Crippen molar-refractivity contribution in [3.63, 3.8) is 0 Å². The largest absolute Gasteiger partial charge is 0.378 e. The summed E-state index contributed by atoms with van der Waals surface area (Å²) in [7, 11) is 0. The number of hydrogen-bond acceptors (Lipinski definition) is 3. The standard InChI is InChI=1S/C16H32N2O/c1-12(2)13-5-6-15(17)14(9-13)10-18-7-8-19-11-16(18,3)4/h12-15H,5-11,17H2,1-4H3. The molecule has 2 fully saturated rings. The smallest absolute Gasteiger partial charge is 0.0645 e. The van der Waals surface area contributed by atoms with E-state index in [4.69, 9.17) is 10.5 Å². The maximum atomic E-state index is 6.39. The first-order valence-electron chi connectivity index (χ1n) is 7.98. The zero-order chi connectivity index (χ0) is 14.0. The molecule has 2 rings (SSSR count). The first kappa shape index (κ1) is 15.3. The van der Waals surface area contributed by atoms with E-state index in [1.807, 2.05) is 0 Å². The Morgan fingerprint density at radius 1 is 1.32 bits per heavy atom. The first-order valence-corrected chi connectivity index (χ1v) is 7.98.